The van der Waals surface area contributed by atoms with Crippen LogP contribution in [0.5, 0.6) is 0 Å². The molecule has 0 N–H and O–H groups in total. The predicted molar refractivity (Wildman–Crippen MR) is 31.7 cm³/mol. The summed E-state index contributed by atoms with van der Waals surface area (Å²) in [6.07, 6.45) is -8.15. The molecule has 0 aromatic heterocycles. The molecule has 0 spiro atoms. The predicted octanol–water partition coefficient (Wildman–Crippen LogP) is 2.44. The van der Waals surface area contributed by atoms with E-state index in [-0.39, 0.29) is 5.57 Å². The summed E-state index contributed by atoms with van der Waals surface area (Å²) < 4.78 is 50.1. The number of rotatable bonds is 4. The Kier molecular flexibility index (Phi) is 3.51. The van der Waals surface area contributed by atoms with Gasteiger partial charge in [0, 0.05) is 0 Å². The van der Waals surface area contributed by atoms with Crippen molar-refractivity contribution in [2.24, 2.45) is 0 Å². The second-order valence-corrected chi connectivity index (χ2v) is 2.11. The van der Waals surface area contributed by atoms with E-state index in [9.17, 15) is 17.6 Å². The van der Waals surface area contributed by atoms with E-state index in [1.165, 1.54) is 6.92 Å². The minimum absolute atomic E-state index is 0.269. The number of hydrogen-bond acceptors (Lipinski definition) is 1. The SMILES string of the molecule is C=C(C)COC(F)(F)C(F)F. The molecule has 0 saturated carbocycles. The van der Waals surface area contributed by atoms with Crippen LogP contribution < -0.4 is 0 Å². The number of hydrogen-bond donors (Lipinski definition) is 0. The maximum Gasteiger partial charge on any atom is 0.416 e. The van der Waals surface area contributed by atoms with Crippen LogP contribution in [0, 0.1) is 0 Å². The second kappa shape index (κ2) is 3.71. The van der Waals surface area contributed by atoms with Crippen LogP contribution in [0.2, 0.25) is 0 Å². The molecule has 0 rings (SSSR count). The molecule has 0 aromatic carbocycles. The smallest absolute Gasteiger partial charge is 0.312 e. The second-order valence-electron chi connectivity index (χ2n) is 2.11. The number of alkyl halides is 4. The molecule has 0 radical (unpaired) electrons. The zero-order chi connectivity index (χ0) is 9.07. The van der Waals surface area contributed by atoms with Crippen LogP contribution in [0.25, 0.3) is 0 Å². The van der Waals surface area contributed by atoms with Gasteiger partial charge in [0.05, 0.1) is 6.61 Å². The zero-order valence-corrected chi connectivity index (χ0v) is 5.91. The first-order valence-corrected chi connectivity index (χ1v) is 2.80. The van der Waals surface area contributed by atoms with E-state index in [4.69, 9.17) is 0 Å². The van der Waals surface area contributed by atoms with Crippen molar-refractivity contribution in [3.8, 4) is 0 Å². The van der Waals surface area contributed by atoms with Crippen LogP contribution in [0.1, 0.15) is 6.92 Å². The Hall–Kier alpha value is -0.580. The Labute approximate surface area is 61.7 Å². The summed E-state index contributed by atoms with van der Waals surface area (Å²) in [6, 6.07) is 0. The van der Waals surface area contributed by atoms with Gasteiger partial charge >= 0.3 is 12.5 Å². The highest BCUT2D eigenvalue weighted by atomic mass is 19.3. The Morgan fingerprint density at radius 1 is 1.55 bits per heavy atom. The third-order valence-corrected chi connectivity index (χ3v) is 0.765. The summed E-state index contributed by atoms with van der Waals surface area (Å²) >= 11 is 0. The van der Waals surface area contributed by atoms with Gasteiger partial charge in [-0.2, -0.15) is 8.78 Å². The van der Waals surface area contributed by atoms with Gasteiger partial charge in [0.2, 0.25) is 0 Å². The maximum atomic E-state index is 11.9. The van der Waals surface area contributed by atoms with E-state index in [1.54, 1.807) is 0 Å². The number of halogens is 4. The van der Waals surface area contributed by atoms with E-state index >= 15 is 0 Å². The molecule has 0 unspecified atom stereocenters. The third kappa shape index (κ3) is 3.98. The van der Waals surface area contributed by atoms with E-state index in [0.717, 1.165) is 0 Å². The van der Waals surface area contributed by atoms with Crippen LogP contribution >= 0.6 is 0 Å². The highest BCUT2D eigenvalue weighted by molar-refractivity contribution is 4.87. The molecule has 0 amide bonds. The van der Waals surface area contributed by atoms with Crippen LogP contribution in [0.15, 0.2) is 12.2 Å². The van der Waals surface area contributed by atoms with Crippen LogP contribution in [-0.4, -0.2) is 19.1 Å². The molecule has 5 heteroatoms. The largest absolute Gasteiger partial charge is 0.416 e. The lowest BCUT2D eigenvalue weighted by Crippen LogP contribution is -2.30. The Bertz CT molecular complexity index is 144. The molecular weight excluding hydrogens is 164 g/mol. The highest BCUT2D eigenvalue weighted by Gasteiger charge is 2.42. The van der Waals surface area contributed by atoms with Crippen molar-refractivity contribution in [2.75, 3.05) is 6.61 Å². The van der Waals surface area contributed by atoms with Crippen LogP contribution in [-0.2, 0) is 4.74 Å². The van der Waals surface area contributed by atoms with E-state index in [2.05, 4.69) is 11.3 Å². The first-order valence-electron chi connectivity index (χ1n) is 2.80. The Balaban J connectivity index is 3.82. The molecule has 0 aliphatic rings. The first kappa shape index (κ1) is 10.4. The Morgan fingerprint density at radius 3 is 2.27 bits per heavy atom. The molecule has 1 nitrogen and oxygen atoms in total. The molecule has 0 aromatic rings. The van der Waals surface area contributed by atoms with Gasteiger partial charge in [-0.25, -0.2) is 8.78 Å². The summed E-state index contributed by atoms with van der Waals surface area (Å²) in [5, 5.41) is 0. The molecular formula is C6H8F4O. The fraction of sp³-hybridized carbons (Fsp3) is 0.667. The van der Waals surface area contributed by atoms with Gasteiger partial charge in [-0.1, -0.05) is 12.2 Å². The van der Waals surface area contributed by atoms with Crippen LogP contribution in [0.4, 0.5) is 17.6 Å². The van der Waals surface area contributed by atoms with Gasteiger partial charge in [0.25, 0.3) is 0 Å². The fourth-order valence-electron chi connectivity index (χ4n) is 0.282. The van der Waals surface area contributed by atoms with Gasteiger partial charge in [-0.3, -0.25) is 0 Å². The topological polar surface area (TPSA) is 9.23 Å². The zero-order valence-electron chi connectivity index (χ0n) is 5.91. The van der Waals surface area contributed by atoms with Crippen molar-refractivity contribution in [3.05, 3.63) is 12.2 Å². The molecule has 0 fully saturated rings. The lowest BCUT2D eigenvalue weighted by Gasteiger charge is -2.14. The van der Waals surface area contributed by atoms with E-state index in [1.807, 2.05) is 0 Å². The molecule has 11 heavy (non-hydrogen) atoms. The van der Waals surface area contributed by atoms with Gasteiger partial charge in [0.15, 0.2) is 0 Å². The van der Waals surface area contributed by atoms with Crippen LogP contribution in [0.3, 0.4) is 0 Å². The lowest BCUT2D eigenvalue weighted by atomic mass is 10.4. The molecule has 0 atom stereocenters. The molecule has 0 aliphatic carbocycles. The lowest BCUT2D eigenvalue weighted by molar-refractivity contribution is -0.296. The maximum absolute atomic E-state index is 11.9. The number of ether oxygens (including phenoxy) is 1. The average Bonchev–Trinajstić information content (AvgIpc) is 1.84. The van der Waals surface area contributed by atoms with Crippen molar-refractivity contribution >= 4 is 0 Å². The molecule has 0 bridgehead atoms. The molecule has 0 aliphatic heterocycles. The first-order chi connectivity index (χ1) is 4.86. The van der Waals surface area contributed by atoms with Gasteiger partial charge in [-0.15, -0.1) is 0 Å². The molecule has 0 heterocycles. The Morgan fingerprint density at radius 2 is 2.00 bits per heavy atom. The standard InChI is InChI=1S/C6H8F4O/c1-4(2)3-11-6(9,10)5(7)8/h5H,1,3H2,2H3. The van der Waals surface area contributed by atoms with Gasteiger partial charge < -0.3 is 4.74 Å². The van der Waals surface area contributed by atoms with E-state index < -0.39 is 19.1 Å². The minimum Gasteiger partial charge on any atom is -0.312 e. The van der Waals surface area contributed by atoms with Crippen molar-refractivity contribution in [2.45, 2.75) is 19.5 Å². The normalized spacial score (nSPS) is 12.2. The van der Waals surface area contributed by atoms with Crippen molar-refractivity contribution < 1.29 is 22.3 Å². The monoisotopic (exact) mass is 172 g/mol. The minimum atomic E-state index is -4.36. The summed E-state index contributed by atoms with van der Waals surface area (Å²) in [6.45, 7) is 4.06. The molecule has 66 valence electrons. The van der Waals surface area contributed by atoms with Gasteiger partial charge in [-0.05, 0) is 6.92 Å². The van der Waals surface area contributed by atoms with Crippen molar-refractivity contribution in [3.63, 3.8) is 0 Å². The van der Waals surface area contributed by atoms with Gasteiger partial charge in [0.1, 0.15) is 0 Å². The summed E-state index contributed by atoms with van der Waals surface area (Å²) in [5.41, 5.74) is 0.269. The van der Waals surface area contributed by atoms with E-state index in [0.29, 0.717) is 0 Å². The quantitative estimate of drug-likeness (QED) is 0.467. The summed E-state index contributed by atoms with van der Waals surface area (Å²) in [7, 11) is 0. The van der Waals surface area contributed by atoms with Crippen molar-refractivity contribution in [1.29, 1.82) is 0 Å². The summed E-state index contributed by atoms with van der Waals surface area (Å²) in [5.74, 6) is 0. The average molecular weight is 172 g/mol. The molecule has 0 saturated heterocycles. The summed E-state index contributed by atoms with van der Waals surface area (Å²) in [4.78, 5) is 0. The van der Waals surface area contributed by atoms with Crippen molar-refractivity contribution in [1.82, 2.24) is 0 Å². The fourth-order valence-corrected chi connectivity index (χ4v) is 0.282. The highest BCUT2D eigenvalue weighted by Crippen LogP contribution is 2.24. The third-order valence-electron chi connectivity index (χ3n) is 0.765.